The SMILES string of the molecule is COc1ccc(-c2cnc(CCC(=O)N3CCN(C(=O)CCC4CCCCC4)CC3)o2)cc1. The number of benzene rings is 1. The Balaban J connectivity index is 1.18. The lowest BCUT2D eigenvalue weighted by Gasteiger charge is -2.35. The first-order valence-electron chi connectivity index (χ1n) is 12.3. The Morgan fingerprint density at radius 3 is 2.24 bits per heavy atom. The molecule has 1 aromatic carbocycles. The van der Waals surface area contributed by atoms with Crippen molar-refractivity contribution in [3.05, 3.63) is 36.4 Å². The largest absolute Gasteiger partial charge is 0.497 e. The monoisotopic (exact) mass is 453 g/mol. The van der Waals surface area contributed by atoms with E-state index in [1.165, 1.54) is 32.1 Å². The van der Waals surface area contributed by atoms with Crippen LogP contribution in [0, 0.1) is 5.92 Å². The smallest absolute Gasteiger partial charge is 0.223 e. The number of hydrogen-bond donors (Lipinski definition) is 0. The second-order valence-corrected chi connectivity index (χ2v) is 9.15. The highest BCUT2D eigenvalue weighted by Gasteiger charge is 2.25. The predicted molar refractivity (Wildman–Crippen MR) is 126 cm³/mol. The molecule has 33 heavy (non-hydrogen) atoms. The van der Waals surface area contributed by atoms with Crippen molar-refractivity contribution in [2.45, 2.75) is 57.8 Å². The first kappa shape index (κ1) is 23.3. The summed E-state index contributed by atoms with van der Waals surface area (Å²) in [4.78, 5) is 33.4. The number of carbonyl (C=O) groups excluding carboxylic acids is 2. The number of hydrogen-bond acceptors (Lipinski definition) is 5. The normalized spacial score (nSPS) is 17.2. The van der Waals surface area contributed by atoms with Crippen LogP contribution in [0.5, 0.6) is 5.75 Å². The maximum atomic E-state index is 12.7. The van der Waals surface area contributed by atoms with Gasteiger partial charge in [-0.25, -0.2) is 4.98 Å². The van der Waals surface area contributed by atoms with Gasteiger partial charge in [0, 0.05) is 51.0 Å². The summed E-state index contributed by atoms with van der Waals surface area (Å²) in [6, 6.07) is 7.59. The average Bonchev–Trinajstić information content (AvgIpc) is 3.35. The Labute approximate surface area is 196 Å². The van der Waals surface area contributed by atoms with Crippen molar-refractivity contribution in [3.8, 4) is 17.1 Å². The quantitative estimate of drug-likeness (QED) is 0.595. The molecule has 1 aliphatic heterocycles. The molecule has 2 aromatic rings. The highest BCUT2D eigenvalue weighted by Crippen LogP contribution is 2.27. The van der Waals surface area contributed by atoms with Crippen molar-refractivity contribution in [1.82, 2.24) is 14.8 Å². The van der Waals surface area contributed by atoms with Gasteiger partial charge in [0.05, 0.1) is 13.3 Å². The number of aromatic nitrogens is 1. The van der Waals surface area contributed by atoms with Crippen molar-refractivity contribution >= 4 is 11.8 Å². The zero-order valence-corrected chi connectivity index (χ0v) is 19.6. The van der Waals surface area contributed by atoms with Crippen LogP contribution in [0.25, 0.3) is 11.3 Å². The average molecular weight is 454 g/mol. The van der Waals surface area contributed by atoms with Gasteiger partial charge in [-0.15, -0.1) is 0 Å². The topological polar surface area (TPSA) is 75.9 Å². The minimum Gasteiger partial charge on any atom is -0.497 e. The van der Waals surface area contributed by atoms with E-state index in [0.29, 0.717) is 57.1 Å². The minimum absolute atomic E-state index is 0.0912. The molecule has 1 saturated carbocycles. The molecule has 0 radical (unpaired) electrons. The first-order valence-corrected chi connectivity index (χ1v) is 12.3. The number of carbonyl (C=O) groups is 2. The highest BCUT2D eigenvalue weighted by atomic mass is 16.5. The van der Waals surface area contributed by atoms with Gasteiger partial charge >= 0.3 is 0 Å². The molecule has 178 valence electrons. The molecule has 1 aromatic heterocycles. The third kappa shape index (κ3) is 6.36. The molecular weight excluding hydrogens is 418 g/mol. The number of ether oxygens (including phenoxy) is 1. The third-order valence-electron chi connectivity index (χ3n) is 6.96. The van der Waals surface area contributed by atoms with Gasteiger partial charge in [-0.05, 0) is 36.6 Å². The van der Waals surface area contributed by atoms with E-state index in [-0.39, 0.29) is 11.8 Å². The van der Waals surface area contributed by atoms with E-state index in [2.05, 4.69) is 4.98 Å². The molecule has 4 rings (SSSR count). The number of amides is 2. The summed E-state index contributed by atoms with van der Waals surface area (Å²) in [6.45, 7) is 2.49. The van der Waals surface area contributed by atoms with Gasteiger partial charge in [0.1, 0.15) is 5.75 Å². The maximum absolute atomic E-state index is 12.7. The van der Waals surface area contributed by atoms with E-state index in [0.717, 1.165) is 23.7 Å². The fourth-order valence-corrected chi connectivity index (χ4v) is 4.85. The predicted octanol–water partition coefficient (Wildman–Crippen LogP) is 4.31. The van der Waals surface area contributed by atoms with Crippen LogP contribution in [-0.4, -0.2) is 59.9 Å². The Morgan fingerprint density at radius 1 is 0.970 bits per heavy atom. The maximum Gasteiger partial charge on any atom is 0.223 e. The summed E-state index contributed by atoms with van der Waals surface area (Å²) < 4.78 is 11.0. The molecule has 7 heteroatoms. The van der Waals surface area contributed by atoms with Crippen LogP contribution in [0.15, 0.2) is 34.9 Å². The van der Waals surface area contributed by atoms with Crippen LogP contribution >= 0.6 is 0 Å². The molecule has 2 aliphatic rings. The van der Waals surface area contributed by atoms with E-state index in [1.54, 1.807) is 13.3 Å². The molecule has 2 amide bonds. The summed E-state index contributed by atoms with van der Waals surface area (Å²) >= 11 is 0. The summed E-state index contributed by atoms with van der Waals surface area (Å²) in [5, 5.41) is 0. The molecule has 0 bridgehead atoms. The molecular formula is C26H35N3O4. The molecule has 7 nitrogen and oxygen atoms in total. The molecule has 0 N–H and O–H groups in total. The Bertz CT molecular complexity index is 910. The van der Waals surface area contributed by atoms with Gasteiger partial charge in [0.2, 0.25) is 11.8 Å². The van der Waals surface area contributed by atoms with Crippen molar-refractivity contribution in [1.29, 1.82) is 0 Å². The molecule has 2 heterocycles. The van der Waals surface area contributed by atoms with Crippen LogP contribution in [0.4, 0.5) is 0 Å². The lowest BCUT2D eigenvalue weighted by molar-refractivity contribution is -0.139. The van der Waals surface area contributed by atoms with Crippen LogP contribution in [0.2, 0.25) is 0 Å². The molecule has 1 saturated heterocycles. The van der Waals surface area contributed by atoms with Gasteiger partial charge in [0.15, 0.2) is 11.7 Å². The first-order chi connectivity index (χ1) is 16.1. The van der Waals surface area contributed by atoms with Crippen LogP contribution < -0.4 is 4.74 Å². The van der Waals surface area contributed by atoms with E-state index in [9.17, 15) is 9.59 Å². The van der Waals surface area contributed by atoms with Crippen molar-refractivity contribution in [2.75, 3.05) is 33.3 Å². The van der Waals surface area contributed by atoms with Crippen molar-refractivity contribution < 1.29 is 18.7 Å². The lowest BCUT2D eigenvalue weighted by atomic mass is 9.86. The van der Waals surface area contributed by atoms with E-state index >= 15 is 0 Å². The summed E-state index contributed by atoms with van der Waals surface area (Å²) in [5.41, 5.74) is 0.921. The van der Waals surface area contributed by atoms with Crippen LogP contribution in [0.1, 0.15) is 57.3 Å². The highest BCUT2D eigenvalue weighted by molar-refractivity contribution is 5.78. The van der Waals surface area contributed by atoms with Gasteiger partial charge in [-0.1, -0.05) is 32.1 Å². The van der Waals surface area contributed by atoms with E-state index < -0.39 is 0 Å². The lowest BCUT2D eigenvalue weighted by Crippen LogP contribution is -2.50. The van der Waals surface area contributed by atoms with Gasteiger partial charge in [-0.3, -0.25) is 9.59 Å². The van der Waals surface area contributed by atoms with Crippen molar-refractivity contribution in [2.24, 2.45) is 5.92 Å². The molecule has 1 aliphatic carbocycles. The molecule has 0 atom stereocenters. The van der Waals surface area contributed by atoms with Gasteiger partial charge < -0.3 is 19.0 Å². The summed E-state index contributed by atoms with van der Waals surface area (Å²) in [7, 11) is 1.63. The second kappa shape index (κ2) is 11.3. The molecule has 2 fully saturated rings. The summed E-state index contributed by atoms with van der Waals surface area (Å²) in [6.07, 6.45) is 10.7. The molecule has 0 spiro atoms. The third-order valence-corrected chi connectivity index (χ3v) is 6.96. The fourth-order valence-electron chi connectivity index (χ4n) is 4.85. The zero-order chi connectivity index (χ0) is 23.0. The van der Waals surface area contributed by atoms with Gasteiger partial charge in [0.25, 0.3) is 0 Å². The van der Waals surface area contributed by atoms with Gasteiger partial charge in [-0.2, -0.15) is 0 Å². The number of aryl methyl sites for hydroxylation is 1. The number of rotatable bonds is 8. The van der Waals surface area contributed by atoms with E-state index in [1.807, 2.05) is 34.1 Å². The number of nitrogens with zero attached hydrogens (tertiary/aromatic N) is 3. The summed E-state index contributed by atoms with van der Waals surface area (Å²) in [5.74, 6) is 3.10. The number of oxazole rings is 1. The molecule has 0 unspecified atom stereocenters. The van der Waals surface area contributed by atoms with E-state index in [4.69, 9.17) is 9.15 Å². The number of piperazine rings is 1. The number of methoxy groups -OCH3 is 1. The Hall–Kier alpha value is -2.83. The standard InChI is InChI=1S/C26H35N3O4/c1-32-22-10-8-21(9-11-22)23-19-27-24(33-23)12-14-26(31)29-17-15-28(16-18-29)25(30)13-7-20-5-3-2-4-6-20/h8-11,19-20H,2-7,12-18H2,1H3. The Kier molecular flexibility index (Phi) is 8.02. The zero-order valence-electron chi connectivity index (χ0n) is 19.6. The Morgan fingerprint density at radius 2 is 1.61 bits per heavy atom. The fraction of sp³-hybridized carbons (Fsp3) is 0.577. The minimum atomic E-state index is 0.0912. The van der Waals surface area contributed by atoms with Crippen molar-refractivity contribution in [3.63, 3.8) is 0 Å². The second-order valence-electron chi connectivity index (χ2n) is 9.15. The van der Waals surface area contributed by atoms with Crippen LogP contribution in [0.3, 0.4) is 0 Å². The van der Waals surface area contributed by atoms with Crippen LogP contribution in [-0.2, 0) is 16.0 Å².